The summed E-state index contributed by atoms with van der Waals surface area (Å²) in [5.41, 5.74) is 0. The molecule has 3 N–H and O–H groups in total. The van der Waals surface area contributed by atoms with Gasteiger partial charge in [-0.3, -0.25) is 4.79 Å². The highest BCUT2D eigenvalue weighted by molar-refractivity contribution is 5.83. The molecule has 0 aliphatic carbocycles. The van der Waals surface area contributed by atoms with Gasteiger partial charge in [0.05, 0.1) is 19.8 Å². The summed E-state index contributed by atoms with van der Waals surface area (Å²) in [5.74, 6) is -1.71. The van der Waals surface area contributed by atoms with Crippen molar-refractivity contribution in [3.8, 4) is 0 Å². The van der Waals surface area contributed by atoms with Gasteiger partial charge < -0.3 is 25.2 Å². The van der Waals surface area contributed by atoms with Gasteiger partial charge in [0.15, 0.2) is 0 Å². The molecule has 2 unspecified atom stereocenters. The molecule has 0 bridgehead atoms. The number of amides is 2. The van der Waals surface area contributed by atoms with Crippen LogP contribution >= 0.6 is 0 Å². The summed E-state index contributed by atoms with van der Waals surface area (Å²) in [4.78, 5) is 33.5. The molecule has 8 nitrogen and oxygen atoms in total. The minimum Gasteiger partial charge on any atom is -0.480 e. The van der Waals surface area contributed by atoms with Crippen LogP contribution in [-0.2, 0) is 19.1 Å². The number of esters is 1. The van der Waals surface area contributed by atoms with Crippen LogP contribution in [0.3, 0.4) is 0 Å². The van der Waals surface area contributed by atoms with Crippen LogP contribution in [0.25, 0.3) is 0 Å². The van der Waals surface area contributed by atoms with E-state index in [1.54, 1.807) is 0 Å². The van der Waals surface area contributed by atoms with Gasteiger partial charge in [0.2, 0.25) is 0 Å². The van der Waals surface area contributed by atoms with Crippen molar-refractivity contribution in [2.75, 3.05) is 20.3 Å². The Labute approximate surface area is 110 Å². The molecule has 1 aliphatic heterocycles. The van der Waals surface area contributed by atoms with Gasteiger partial charge >= 0.3 is 18.0 Å². The van der Waals surface area contributed by atoms with Crippen molar-refractivity contribution in [2.24, 2.45) is 0 Å². The number of carboxylic acid groups (broad SMARTS) is 1. The van der Waals surface area contributed by atoms with Crippen LogP contribution < -0.4 is 10.6 Å². The van der Waals surface area contributed by atoms with E-state index in [-0.39, 0.29) is 18.9 Å². The number of nitrogens with one attached hydrogen (secondary N) is 2. The van der Waals surface area contributed by atoms with Crippen molar-refractivity contribution in [1.82, 2.24) is 10.6 Å². The zero-order valence-electron chi connectivity index (χ0n) is 10.7. The van der Waals surface area contributed by atoms with Crippen LogP contribution in [0, 0.1) is 0 Å². The Hall–Kier alpha value is -1.83. The topological polar surface area (TPSA) is 114 Å². The Morgan fingerprint density at radius 1 is 1.47 bits per heavy atom. The number of rotatable bonds is 6. The van der Waals surface area contributed by atoms with Crippen LogP contribution in [0.4, 0.5) is 4.79 Å². The molecule has 0 spiro atoms. The number of carbonyl (C=O) groups is 3. The number of carbonyl (C=O) groups excluding carboxylic acids is 2. The van der Waals surface area contributed by atoms with Crippen LogP contribution in [0.15, 0.2) is 0 Å². The summed E-state index contributed by atoms with van der Waals surface area (Å²) in [6.07, 6.45) is 0.615. The van der Waals surface area contributed by atoms with Gasteiger partial charge in [0, 0.05) is 13.0 Å². The molecule has 2 amide bonds. The molecule has 1 aliphatic rings. The van der Waals surface area contributed by atoms with Crippen LogP contribution in [-0.4, -0.2) is 55.5 Å². The highest BCUT2D eigenvalue weighted by Gasteiger charge is 2.23. The van der Waals surface area contributed by atoms with Gasteiger partial charge in [-0.1, -0.05) is 0 Å². The van der Waals surface area contributed by atoms with Crippen molar-refractivity contribution >= 4 is 18.0 Å². The molecule has 8 heteroatoms. The highest BCUT2D eigenvalue weighted by atomic mass is 16.5. The molecule has 0 aromatic rings. The van der Waals surface area contributed by atoms with E-state index in [4.69, 9.17) is 9.84 Å². The lowest BCUT2D eigenvalue weighted by Crippen LogP contribution is -2.49. The maximum Gasteiger partial charge on any atom is 0.326 e. The van der Waals surface area contributed by atoms with Crippen LogP contribution in [0.5, 0.6) is 0 Å². The third kappa shape index (κ3) is 5.56. The molecule has 1 rings (SSSR count). The first-order valence-electron chi connectivity index (χ1n) is 5.97. The molecule has 2 atom stereocenters. The zero-order chi connectivity index (χ0) is 14.3. The predicted octanol–water partition coefficient (Wildman–Crippen LogP) is -0.519. The number of methoxy groups -OCH3 is 1. The van der Waals surface area contributed by atoms with Gasteiger partial charge in [-0.25, -0.2) is 9.59 Å². The largest absolute Gasteiger partial charge is 0.480 e. The Balaban J connectivity index is 2.36. The van der Waals surface area contributed by atoms with Crippen LogP contribution in [0.2, 0.25) is 0 Å². The Morgan fingerprint density at radius 3 is 2.74 bits per heavy atom. The average molecular weight is 274 g/mol. The minimum absolute atomic E-state index is 0.0173. The smallest absolute Gasteiger partial charge is 0.326 e. The van der Waals surface area contributed by atoms with Gasteiger partial charge in [-0.2, -0.15) is 0 Å². The van der Waals surface area contributed by atoms with Gasteiger partial charge in [-0.15, -0.1) is 0 Å². The fourth-order valence-corrected chi connectivity index (χ4v) is 1.66. The van der Waals surface area contributed by atoms with E-state index < -0.39 is 24.0 Å². The van der Waals surface area contributed by atoms with E-state index in [2.05, 4.69) is 15.4 Å². The van der Waals surface area contributed by atoms with E-state index in [9.17, 15) is 14.4 Å². The third-order valence-corrected chi connectivity index (χ3v) is 2.73. The SMILES string of the molecule is COC(=O)CCC(NC(=O)NC1CCOC1)C(=O)O. The van der Waals surface area contributed by atoms with Gasteiger partial charge in [-0.05, 0) is 12.8 Å². The molecule has 1 fully saturated rings. The standard InChI is InChI=1S/C11H18N2O6/c1-18-9(14)3-2-8(10(15)16)13-11(17)12-7-4-5-19-6-7/h7-8H,2-6H2,1H3,(H,15,16)(H2,12,13,17). The Kier molecular flexibility index (Phi) is 6.07. The van der Waals surface area contributed by atoms with Crippen molar-refractivity contribution in [2.45, 2.75) is 31.3 Å². The monoisotopic (exact) mass is 274 g/mol. The van der Waals surface area contributed by atoms with Crippen molar-refractivity contribution in [3.05, 3.63) is 0 Å². The number of hydrogen-bond donors (Lipinski definition) is 3. The van der Waals surface area contributed by atoms with Gasteiger partial charge in [0.1, 0.15) is 6.04 Å². The first kappa shape index (κ1) is 15.2. The molecular formula is C11H18N2O6. The summed E-state index contributed by atoms with van der Waals surface area (Å²) >= 11 is 0. The number of aliphatic carboxylic acids is 1. The molecule has 1 heterocycles. The number of urea groups is 1. The molecular weight excluding hydrogens is 256 g/mol. The summed E-state index contributed by atoms with van der Waals surface area (Å²) in [6.45, 7) is 1.00. The second-order valence-corrected chi connectivity index (χ2v) is 4.18. The fourth-order valence-electron chi connectivity index (χ4n) is 1.66. The first-order chi connectivity index (χ1) is 9.02. The first-order valence-corrected chi connectivity index (χ1v) is 5.97. The lowest BCUT2D eigenvalue weighted by Gasteiger charge is -2.16. The summed E-state index contributed by atoms with van der Waals surface area (Å²) in [5, 5.41) is 13.9. The van der Waals surface area contributed by atoms with Crippen LogP contribution in [0.1, 0.15) is 19.3 Å². The normalized spacial score (nSPS) is 19.5. The highest BCUT2D eigenvalue weighted by Crippen LogP contribution is 2.04. The fraction of sp³-hybridized carbons (Fsp3) is 0.727. The molecule has 1 saturated heterocycles. The summed E-state index contributed by atoms with van der Waals surface area (Å²) in [6, 6.07) is -1.80. The van der Waals surface area contributed by atoms with Crippen molar-refractivity contribution < 1.29 is 29.0 Å². The maximum atomic E-state index is 11.6. The minimum atomic E-state index is -1.19. The van der Waals surface area contributed by atoms with E-state index >= 15 is 0 Å². The summed E-state index contributed by atoms with van der Waals surface area (Å²) in [7, 11) is 1.22. The molecule has 0 aromatic heterocycles. The Morgan fingerprint density at radius 2 is 2.21 bits per heavy atom. The van der Waals surface area contributed by atoms with Gasteiger partial charge in [0.25, 0.3) is 0 Å². The second-order valence-electron chi connectivity index (χ2n) is 4.18. The average Bonchev–Trinajstić information content (AvgIpc) is 2.86. The second kappa shape index (κ2) is 7.57. The lowest BCUT2D eigenvalue weighted by molar-refractivity contribution is -0.142. The molecule has 0 radical (unpaired) electrons. The number of hydrogen-bond acceptors (Lipinski definition) is 5. The molecule has 0 saturated carbocycles. The predicted molar refractivity (Wildman–Crippen MR) is 63.6 cm³/mol. The van der Waals surface area contributed by atoms with Crippen molar-refractivity contribution in [1.29, 1.82) is 0 Å². The van der Waals surface area contributed by atoms with E-state index in [0.717, 1.165) is 0 Å². The molecule has 19 heavy (non-hydrogen) atoms. The van der Waals surface area contributed by atoms with E-state index in [1.807, 2.05) is 0 Å². The van der Waals surface area contributed by atoms with Crippen molar-refractivity contribution in [3.63, 3.8) is 0 Å². The molecule has 108 valence electrons. The third-order valence-electron chi connectivity index (χ3n) is 2.73. The number of carboxylic acids is 1. The Bertz CT molecular complexity index is 340. The number of ether oxygens (including phenoxy) is 2. The van der Waals surface area contributed by atoms with E-state index in [0.29, 0.717) is 19.6 Å². The van der Waals surface area contributed by atoms with E-state index in [1.165, 1.54) is 7.11 Å². The quantitative estimate of drug-likeness (QED) is 0.562. The molecule has 0 aromatic carbocycles. The lowest BCUT2D eigenvalue weighted by atomic mass is 10.1. The zero-order valence-corrected chi connectivity index (χ0v) is 10.7. The summed E-state index contributed by atoms with van der Waals surface area (Å²) < 4.78 is 9.50. The maximum absolute atomic E-state index is 11.6.